The van der Waals surface area contributed by atoms with Gasteiger partial charge in [-0.2, -0.15) is 0 Å². The molecule has 3 rings (SSSR count). The van der Waals surface area contributed by atoms with Gasteiger partial charge in [0.15, 0.2) is 11.5 Å². The molecule has 0 radical (unpaired) electrons. The molecule has 0 atom stereocenters. The van der Waals surface area contributed by atoms with Crippen molar-refractivity contribution in [2.45, 2.75) is 9.79 Å². The number of hydrogen-bond acceptors (Lipinski definition) is 4. The molecule has 2 aromatic rings. The molecule has 108 valence electrons. The highest BCUT2D eigenvalue weighted by atomic mass is 32.2. The van der Waals surface area contributed by atoms with Crippen LogP contribution in [0, 0.1) is 11.2 Å². The fraction of sp³-hybridized carbons (Fsp3) is 0.133. The Bertz CT molecular complexity index is 706. The Morgan fingerprint density at radius 2 is 1.90 bits per heavy atom. The van der Waals surface area contributed by atoms with Crippen molar-refractivity contribution in [2.75, 3.05) is 13.2 Å². The summed E-state index contributed by atoms with van der Waals surface area (Å²) in [6, 6.07) is 10.2. The van der Waals surface area contributed by atoms with Crippen LogP contribution in [0.2, 0.25) is 0 Å². The normalized spacial score (nSPS) is 13.0. The quantitative estimate of drug-likeness (QED) is 0.675. The molecule has 6 heteroatoms. The topological polar surface area (TPSA) is 68.3 Å². The summed E-state index contributed by atoms with van der Waals surface area (Å²) in [4.78, 5) is 1.46. The van der Waals surface area contributed by atoms with E-state index in [4.69, 9.17) is 20.6 Å². The van der Waals surface area contributed by atoms with Crippen LogP contribution in [0.15, 0.2) is 46.2 Å². The highest BCUT2D eigenvalue weighted by Crippen LogP contribution is 2.38. The molecule has 2 aromatic carbocycles. The van der Waals surface area contributed by atoms with E-state index >= 15 is 0 Å². The molecule has 21 heavy (non-hydrogen) atoms. The lowest BCUT2D eigenvalue weighted by atomic mass is 10.2. The van der Waals surface area contributed by atoms with Gasteiger partial charge in [-0.05, 0) is 30.3 Å². The van der Waals surface area contributed by atoms with Crippen LogP contribution in [0.25, 0.3) is 0 Å². The molecular weight excluding hydrogens is 291 g/mol. The molecule has 0 aromatic heterocycles. The molecule has 3 N–H and O–H groups in total. The SMILES string of the molecule is N=C(N)c1c(F)cccc1Sc1ccc2c(c1)OCCO2. The zero-order chi connectivity index (χ0) is 14.8. The molecule has 1 aliphatic rings. The van der Waals surface area contributed by atoms with Crippen LogP contribution in [0.4, 0.5) is 4.39 Å². The zero-order valence-corrected chi connectivity index (χ0v) is 11.9. The highest BCUT2D eigenvalue weighted by Gasteiger charge is 2.15. The van der Waals surface area contributed by atoms with Gasteiger partial charge >= 0.3 is 0 Å². The summed E-state index contributed by atoms with van der Waals surface area (Å²) >= 11 is 1.33. The number of hydrogen-bond donors (Lipinski definition) is 2. The minimum Gasteiger partial charge on any atom is -0.486 e. The first-order valence-corrected chi connectivity index (χ1v) is 7.17. The van der Waals surface area contributed by atoms with Crippen molar-refractivity contribution in [1.29, 1.82) is 5.41 Å². The second-order valence-corrected chi connectivity index (χ2v) is 5.55. The summed E-state index contributed by atoms with van der Waals surface area (Å²) in [5.74, 6) is 0.599. The maximum Gasteiger partial charge on any atom is 0.162 e. The number of amidine groups is 1. The largest absolute Gasteiger partial charge is 0.486 e. The Labute approximate surface area is 125 Å². The molecule has 0 fully saturated rings. The maximum absolute atomic E-state index is 13.8. The molecule has 0 saturated carbocycles. The summed E-state index contributed by atoms with van der Waals surface area (Å²) < 4.78 is 24.8. The molecule has 0 spiro atoms. The number of nitrogen functional groups attached to an aromatic ring is 1. The molecule has 1 heterocycles. The van der Waals surface area contributed by atoms with Gasteiger partial charge in [-0.15, -0.1) is 0 Å². The van der Waals surface area contributed by atoms with Crippen LogP contribution in [0.5, 0.6) is 11.5 Å². The number of nitrogens with two attached hydrogens (primary N) is 1. The Morgan fingerprint density at radius 3 is 2.67 bits per heavy atom. The minimum atomic E-state index is -0.495. The van der Waals surface area contributed by atoms with E-state index in [0.29, 0.717) is 29.6 Å². The first-order chi connectivity index (χ1) is 10.1. The summed E-state index contributed by atoms with van der Waals surface area (Å²) in [5.41, 5.74) is 5.59. The van der Waals surface area contributed by atoms with Gasteiger partial charge in [0.1, 0.15) is 24.9 Å². The standard InChI is InChI=1S/C15H13FN2O2S/c16-10-2-1-3-13(14(10)15(17)18)21-9-4-5-11-12(8-9)20-7-6-19-11/h1-5,8H,6-7H2,(H3,17,18). The van der Waals surface area contributed by atoms with Crippen LogP contribution in [0.1, 0.15) is 5.56 Å². The van der Waals surface area contributed by atoms with E-state index < -0.39 is 5.82 Å². The number of ether oxygens (including phenoxy) is 2. The maximum atomic E-state index is 13.8. The lowest BCUT2D eigenvalue weighted by Gasteiger charge is -2.19. The van der Waals surface area contributed by atoms with Crippen LogP contribution >= 0.6 is 11.8 Å². The predicted molar refractivity (Wildman–Crippen MR) is 79.0 cm³/mol. The third kappa shape index (κ3) is 2.80. The molecule has 0 aliphatic carbocycles. The van der Waals surface area contributed by atoms with Gasteiger partial charge in [0.05, 0.1) is 5.56 Å². The van der Waals surface area contributed by atoms with Gasteiger partial charge in [-0.25, -0.2) is 4.39 Å². The Kier molecular flexibility index (Phi) is 3.70. The molecule has 0 amide bonds. The molecule has 0 saturated heterocycles. The first-order valence-electron chi connectivity index (χ1n) is 6.35. The van der Waals surface area contributed by atoms with Crippen molar-refractivity contribution in [2.24, 2.45) is 5.73 Å². The van der Waals surface area contributed by atoms with E-state index in [9.17, 15) is 4.39 Å². The number of rotatable bonds is 3. The predicted octanol–water partition coefficient (Wildman–Crippen LogP) is 3.03. The fourth-order valence-electron chi connectivity index (χ4n) is 2.06. The number of halogens is 1. The average Bonchev–Trinajstić information content (AvgIpc) is 2.47. The fourth-order valence-corrected chi connectivity index (χ4v) is 3.08. The Balaban J connectivity index is 1.94. The number of fused-ring (bicyclic) bond motifs is 1. The van der Waals surface area contributed by atoms with Gasteiger partial charge in [-0.3, -0.25) is 5.41 Å². The van der Waals surface area contributed by atoms with Crippen LogP contribution < -0.4 is 15.2 Å². The monoisotopic (exact) mass is 304 g/mol. The second-order valence-electron chi connectivity index (χ2n) is 4.43. The molecule has 1 aliphatic heterocycles. The van der Waals surface area contributed by atoms with E-state index in [0.717, 1.165) is 4.90 Å². The van der Waals surface area contributed by atoms with Crippen LogP contribution in [-0.2, 0) is 0 Å². The van der Waals surface area contributed by atoms with E-state index in [1.165, 1.54) is 17.8 Å². The lowest BCUT2D eigenvalue weighted by molar-refractivity contribution is 0.171. The smallest absolute Gasteiger partial charge is 0.162 e. The van der Waals surface area contributed by atoms with Crippen LogP contribution in [-0.4, -0.2) is 19.0 Å². The lowest BCUT2D eigenvalue weighted by Crippen LogP contribution is -2.15. The summed E-state index contributed by atoms with van der Waals surface area (Å²) in [7, 11) is 0. The van der Waals surface area contributed by atoms with Crippen molar-refractivity contribution in [1.82, 2.24) is 0 Å². The van der Waals surface area contributed by atoms with E-state index in [2.05, 4.69) is 0 Å². The Hall–Kier alpha value is -2.21. The summed E-state index contributed by atoms with van der Waals surface area (Å²) in [6.45, 7) is 1.05. The van der Waals surface area contributed by atoms with Gasteiger partial charge in [0.25, 0.3) is 0 Å². The van der Waals surface area contributed by atoms with Gasteiger partial charge in [0, 0.05) is 9.79 Å². The summed E-state index contributed by atoms with van der Waals surface area (Å²) in [6.07, 6.45) is 0. The third-order valence-corrected chi connectivity index (χ3v) is 4.04. The number of nitrogens with one attached hydrogen (secondary N) is 1. The Morgan fingerprint density at radius 1 is 1.14 bits per heavy atom. The van der Waals surface area contributed by atoms with Crippen molar-refractivity contribution < 1.29 is 13.9 Å². The van der Waals surface area contributed by atoms with E-state index in [1.807, 2.05) is 18.2 Å². The highest BCUT2D eigenvalue weighted by molar-refractivity contribution is 7.99. The van der Waals surface area contributed by atoms with E-state index in [1.54, 1.807) is 12.1 Å². The third-order valence-electron chi connectivity index (χ3n) is 2.99. The second kappa shape index (κ2) is 5.65. The zero-order valence-electron chi connectivity index (χ0n) is 11.1. The van der Waals surface area contributed by atoms with E-state index in [-0.39, 0.29) is 11.4 Å². The number of benzene rings is 2. The molecule has 0 unspecified atom stereocenters. The van der Waals surface area contributed by atoms with Gasteiger partial charge in [-0.1, -0.05) is 17.8 Å². The summed E-state index contributed by atoms with van der Waals surface area (Å²) in [5, 5.41) is 7.51. The van der Waals surface area contributed by atoms with Crippen molar-refractivity contribution in [3.8, 4) is 11.5 Å². The van der Waals surface area contributed by atoms with Crippen molar-refractivity contribution in [3.05, 3.63) is 47.8 Å². The average molecular weight is 304 g/mol. The van der Waals surface area contributed by atoms with Gasteiger partial charge in [0.2, 0.25) is 0 Å². The van der Waals surface area contributed by atoms with Crippen molar-refractivity contribution >= 4 is 17.6 Å². The minimum absolute atomic E-state index is 0.123. The molecular formula is C15H13FN2O2S. The van der Waals surface area contributed by atoms with Gasteiger partial charge < -0.3 is 15.2 Å². The molecule has 0 bridgehead atoms. The first kappa shape index (κ1) is 13.8. The van der Waals surface area contributed by atoms with Crippen LogP contribution in [0.3, 0.4) is 0 Å². The molecule has 4 nitrogen and oxygen atoms in total. The van der Waals surface area contributed by atoms with Crippen molar-refractivity contribution in [3.63, 3.8) is 0 Å².